The fourth-order valence-electron chi connectivity index (χ4n) is 3.10. The van der Waals surface area contributed by atoms with Gasteiger partial charge < -0.3 is 19.3 Å². The molecule has 25 heavy (non-hydrogen) atoms. The van der Waals surface area contributed by atoms with Gasteiger partial charge in [-0.1, -0.05) is 0 Å². The normalized spacial score (nSPS) is 20.2. The summed E-state index contributed by atoms with van der Waals surface area (Å²) in [7, 11) is 0. The van der Waals surface area contributed by atoms with E-state index < -0.39 is 0 Å². The van der Waals surface area contributed by atoms with Crippen molar-refractivity contribution in [3.63, 3.8) is 0 Å². The number of carbonyl (C=O) groups is 2. The molecule has 2 amide bonds. The van der Waals surface area contributed by atoms with Crippen molar-refractivity contribution in [1.82, 2.24) is 9.80 Å². The summed E-state index contributed by atoms with van der Waals surface area (Å²) < 4.78 is 10.6. The largest absolute Gasteiger partial charge is 0.479 e. The molecular weight excluding hydrogens is 322 g/mol. The van der Waals surface area contributed by atoms with Crippen LogP contribution in [0.3, 0.4) is 0 Å². The van der Waals surface area contributed by atoms with Crippen LogP contribution in [0.25, 0.3) is 0 Å². The number of rotatable bonds is 4. The van der Waals surface area contributed by atoms with E-state index in [1.807, 2.05) is 6.07 Å². The summed E-state index contributed by atoms with van der Waals surface area (Å²) in [5, 5.41) is 8.50. The molecule has 7 heteroatoms. The van der Waals surface area contributed by atoms with Crippen LogP contribution >= 0.6 is 0 Å². The van der Waals surface area contributed by atoms with Gasteiger partial charge in [-0.05, 0) is 37.1 Å². The monoisotopic (exact) mass is 343 g/mol. The SMILES string of the molecule is N#CCOc1ccc(C(=O)N2CCN(C(=O)[C@H]3CCCO3)CC2)cc1. The Morgan fingerprint density at radius 1 is 1.16 bits per heavy atom. The lowest BCUT2D eigenvalue weighted by atomic mass is 10.1. The van der Waals surface area contributed by atoms with Crippen LogP contribution in [-0.4, -0.2) is 67.1 Å². The zero-order chi connectivity index (χ0) is 17.6. The number of nitrogens with zero attached hydrogens (tertiary/aromatic N) is 3. The van der Waals surface area contributed by atoms with Gasteiger partial charge in [-0.2, -0.15) is 5.26 Å². The van der Waals surface area contributed by atoms with E-state index in [0.29, 0.717) is 44.1 Å². The molecule has 1 atom stereocenters. The Morgan fingerprint density at radius 3 is 2.44 bits per heavy atom. The molecule has 0 N–H and O–H groups in total. The number of hydrogen-bond acceptors (Lipinski definition) is 5. The van der Waals surface area contributed by atoms with Crippen molar-refractivity contribution in [2.45, 2.75) is 18.9 Å². The zero-order valence-corrected chi connectivity index (χ0v) is 14.0. The maximum Gasteiger partial charge on any atom is 0.253 e. The van der Waals surface area contributed by atoms with E-state index in [9.17, 15) is 9.59 Å². The van der Waals surface area contributed by atoms with Crippen LogP contribution < -0.4 is 4.74 Å². The fraction of sp³-hybridized carbons (Fsp3) is 0.500. The lowest BCUT2D eigenvalue weighted by Gasteiger charge is -2.35. The molecule has 0 bridgehead atoms. The van der Waals surface area contributed by atoms with Crippen molar-refractivity contribution in [1.29, 1.82) is 5.26 Å². The van der Waals surface area contributed by atoms with Crippen molar-refractivity contribution in [3.05, 3.63) is 29.8 Å². The number of hydrogen-bond donors (Lipinski definition) is 0. The smallest absolute Gasteiger partial charge is 0.253 e. The highest BCUT2D eigenvalue weighted by atomic mass is 16.5. The Balaban J connectivity index is 1.52. The average molecular weight is 343 g/mol. The number of ether oxygens (including phenoxy) is 2. The lowest BCUT2D eigenvalue weighted by Crippen LogP contribution is -2.52. The zero-order valence-electron chi connectivity index (χ0n) is 14.0. The molecule has 2 aliphatic rings. The van der Waals surface area contributed by atoms with Crippen LogP contribution in [0.1, 0.15) is 23.2 Å². The van der Waals surface area contributed by atoms with E-state index in [4.69, 9.17) is 14.7 Å². The molecule has 2 fully saturated rings. The van der Waals surface area contributed by atoms with Crippen LogP contribution in [0.2, 0.25) is 0 Å². The summed E-state index contributed by atoms with van der Waals surface area (Å²) in [6.07, 6.45) is 1.42. The van der Waals surface area contributed by atoms with E-state index in [1.54, 1.807) is 34.1 Å². The second-order valence-corrected chi connectivity index (χ2v) is 6.09. The van der Waals surface area contributed by atoms with Gasteiger partial charge in [0.15, 0.2) is 6.61 Å². The van der Waals surface area contributed by atoms with Gasteiger partial charge in [-0.3, -0.25) is 9.59 Å². The molecule has 1 aromatic carbocycles. The third kappa shape index (κ3) is 4.09. The minimum Gasteiger partial charge on any atom is -0.479 e. The average Bonchev–Trinajstić information content (AvgIpc) is 3.20. The Hall–Kier alpha value is -2.59. The summed E-state index contributed by atoms with van der Waals surface area (Å²) in [4.78, 5) is 28.4. The Bertz CT molecular complexity index is 654. The summed E-state index contributed by atoms with van der Waals surface area (Å²) in [6.45, 7) is 2.74. The second-order valence-electron chi connectivity index (χ2n) is 6.09. The molecule has 0 aromatic heterocycles. The molecular formula is C18H21N3O4. The van der Waals surface area contributed by atoms with Gasteiger partial charge in [0.1, 0.15) is 17.9 Å². The molecule has 0 radical (unpaired) electrons. The van der Waals surface area contributed by atoms with Crippen LogP contribution in [-0.2, 0) is 9.53 Å². The van der Waals surface area contributed by atoms with Crippen molar-refractivity contribution in [3.8, 4) is 11.8 Å². The van der Waals surface area contributed by atoms with E-state index in [-0.39, 0.29) is 24.5 Å². The first kappa shape index (κ1) is 17.2. The molecule has 2 aliphatic heterocycles. The van der Waals surface area contributed by atoms with Gasteiger partial charge in [0, 0.05) is 38.3 Å². The second kappa shape index (κ2) is 7.99. The van der Waals surface area contributed by atoms with Gasteiger partial charge >= 0.3 is 0 Å². The van der Waals surface area contributed by atoms with E-state index in [2.05, 4.69) is 0 Å². The number of piperazine rings is 1. The van der Waals surface area contributed by atoms with Crippen molar-refractivity contribution in [2.75, 3.05) is 39.4 Å². The Kier molecular flexibility index (Phi) is 5.51. The van der Waals surface area contributed by atoms with Crippen molar-refractivity contribution < 1.29 is 19.1 Å². The van der Waals surface area contributed by atoms with E-state index >= 15 is 0 Å². The molecule has 0 unspecified atom stereocenters. The highest BCUT2D eigenvalue weighted by Gasteiger charge is 2.31. The standard InChI is InChI=1S/C18H21N3O4/c19-7-13-24-15-5-3-14(4-6-15)17(22)20-8-10-21(11-9-20)18(23)16-2-1-12-25-16/h3-6,16H,1-2,8-13H2/t16-/m1/s1. The van der Waals surface area contributed by atoms with Crippen molar-refractivity contribution >= 4 is 11.8 Å². The van der Waals surface area contributed by atoms with Crippen LogP contribution in [0.15, 0.2) is 24.3 Å². The highest BCUT2D eigenvalue weighted by molar-refractivity contribution is 5.94. The third-order valence-corrected chi connectivity index (χ3v) is 4.49. The van der Waals surface area contributed by atoms with Crippen molar-refractivity contribution in [2.24, 2.45) is 0 Å². The van der Waals surface area contributed by atoms with Gasteiger partial charge in [0.2, 0.25) is 0 Å². The Morgan fingerprint density at radius 2 is 1.84 bits per heavy atom. The Labute approximate surface area is 146 Å². The quantitative estimate of drug-likeness (QED) is 0.816. The third-order valence-electron chi connectivity index (χ3n) is 4.49. The topological polar surface area (TPSA) is 82.9 Å². The van der Waals surface area contributed by atoms with E-state index in [0.717, 1.165) is 12.8 Å². The van der Waals surface area contributed by atoms with Gasteiger partial charge in [0.25, 0.3) is 11.8 Å². The molecule has 2 saturated heterocycles. The van der Waals surface area contributed by atoms with Gasteiger partial charge in [0.05, 0.1) is 0 Å². The number of carbonyl (C=O) groups excluding carboxylic acids is 2. The summed E-state index contributed by atoms with van der Waals surface area (Å²) >= 11 is 0. The molecule has 0 saturated carbocycles. The first-order valence-corrected chi connectivity index (χ1v) is 8.48. The maximum absolute atomic E-state index is 12.6. The summed E-state index contributed by atoms with van der Waals surface area (Å²) in [5.74, 6) is 0.546. The predicted molar refractivity (Wildman–Crippen MR) is 89.0 cm³/mol. The van der Waals surface area contributed by atoms with Crippen LogP contribution in [0.4, 0.5) is 0 Å². The molecule has 132 valence electrons. The minimum atomic E-state index is -0.303. The number of nitriles is 1. The molecule has 2 heterocycles. The fourth-order valence-corrected chi connectivity index (χ4v) is 3.10. The van der Waals surface area contributed by atoms with Gasteiger partial charge in [-0.15, -0.1) is 0 Å². The molecule has 3 rings (SSSR count). The van der Waals surface area contributed by atoms with Crippen LogP contribution in [0, 0.1) is 11.3 Å². The predicted octanol–water partition coefficient (Wildman–Crippen LogP) is 1.05. The summed E-state index contributed by atoms with van der Waals surface area (Å²) in [6, 6.07) is 8.65. The van der Waals surface area contributed by atoms with Crippen LogP contribution in [0.5, 0.6) is 5.75 Å². The highest BCUT2D eigenvalue weighted by Crippen LogP contribution is 2.18. The minimum absolute atomic E-state index is 0.0199. The molecule has 1 aromatic rings. The van der Waals surface area contributed by atoms with Gasteiger partial charge in [-0.25, -0.2) is 0 Å². The summed E-state index contributed by atoms with van der Waals surface area (Å²) in [5.41, 5.74) is 0.572. The first-order chi connectivity index (χ1) is 12.2. The number of benzene rings is 1. The van der Waals surface area contributed by atoms with E-state index in [1.165, 1.54) is 0 Å². The molecule has 7 nitrogen and oxygen atoms in total. The maximum atomic E-state index is 12.6. The lowest BCUT2D eigenvalue weighted by molar-refractivity contribution is -0.142. The molecule has 0 spiro atoms. The first-order valence-electron chi connectivity index (χ1n) is 8.48. The molecule has 0 aliphatic carbocycles. The number of amides is 2.